The van der Waals surface area contributed by atoms with E-state index >= 15 is 0 Å². The predicted molar refractivity (Wildman–Crippen MR) is 84.2 cm³/mol. The highest BCUT2D eigenvalue weighted by Gasteiger charge is 2.32. The van der Waals surface area contributed by atoms with Gasteiger partial charge in [0.25, 0.3) is 0 Å². The Bertz CT molecular complexity index is 656. The van der Waals surface area contributed by atoms with E-state index < -0.39 is 0 Å². The SMILES string of the molecule is CN1CC(I)C=C2c3cccc4[nH]cc(c34)CC21. The number of nitrogens with zero attached hydrogens (tertiary/aromatic N) is 1. The van der Waals surface area contributed by atoms with Crippen LogP contribution in [0.25, 0.3) is 16.5 Å². The van der Waals surface area contributed by atoms with E-state index in [1.165, 1.54) is 27.6 Å². The maximum absolute atomic E-state index is 3.41. The van der Waals surface area contributed by atoms with Crippen molar-refractivity contribution in [1.82, 2.24) is 9.88 Å². The molecule has 2 atom stereocenters. The molecule has 0 saturated carbocycles. The topological polar surface area (TPSA) is 19.0 Å². The number of rotatable bonds is 0. The molecule has 0 saturated heterocycles. The molecule has 0 amide bonds. The quantitative estimate of drug-likeness (QED) is 0.571. The number of fused-ring (bicyclic) bond motifs is 2. The molecule has 0 fully saturated rings. The van der Waals surface area contributed by atoms with Crippen LogP contribution in [0.15, 0.2) is 30.5 Å². The largest absolute Gasteiger partial charge is 0.361 e. The van der Waals surface area contributed by atoms with Gasteiger partial charge in [-0.1, -0.05) is 40.8 Å². The van der Waals surface area contributed by atoms with Crippen LogP contribution in [0.4, 0.5) is 0 Å². The molecule has 1 N–H and O–H groups in total. The van der Waals surface area contributed by atoms with Crippen LogP contribution < -0.4 is 0 Å². The van der Waals surface area contributed by atoms with Crippen LogP contribution >= 0.6 is 22.6 Å². The second-order valence-corrected chi connectivity index (χ2v) is 6.94. The first kappa shape index (κ1) is 11.1. The Balaban J connectivity index is 2.02. The maximum Gasteiger partial charge on any atom is 0.0462 e. The van der Waals surface area contributed by atoms with Gasteiger partial charge in [0.1, 0.15) is 0 Å². The molecule has 0 radical (unpaired) electrons. The van der Waals surface area contributed by atoms with Gasteiger partial charge in [-0.25, -0.2) is 0 Å². The summed E-state index contributed by atoms with van der Waals surface area (Å²) in [7, 11) is 2.25. The van der Waals surface area contributed by atoms with Crippen LogP contribution in [-0.4, -0.2) is 33.4 Å². The molecule has 2 aliphatic rings. The molecule has 1 aliphatic heterocycles. The molecule has 3 heteroatoms. The first-order valence-corrected chi connectivity index (χ1v) is 7.64. The van der Waals surface area contributed by atoms with Crippen molar-refractivity contribution in [3.05, 3.63) is 41.6 Å². The van der Waals surface area contributed by atoms with Crippen molar-refractivity contribution in [2.75, 3.05) is 13.6 Å². The molecule has 4 rings (SSSR count). The first-order chi connectivity index (χ1) is 8.74. The van der Waals surface area contributed by atoms with Gasteiger partial charge in [0.2, 0.25) is 0 Å². The fraction of sp³-hybridized carbons (Fsp3) is 0.333. The Morgan fingerprint density at radius 2 is 2.28 bits per heavy atom. The lowest BCUT2D eigenvalue weighted by Crippen LogP contribution is -2.42. The van der Waals surface area contributed by atoms with Crippen LogP contribution in [0.1, 0.15) is 11.1 Å². The number of likely N-dealkylation sites (N-methyl/N-ethyl adjacent to an activating group) is 1. The van der Waals surface area contributed by atoms with E-state index in [1.54, 1.807) is 0 Å². The summed E-state index contributed by atoms with van der Waals surface area (Å²) in [6.45, 7) is 1.16. The lowest BCUT2D eigenvalue weighted by atomic mass is 9.82. The summed E-state index contributed by atoms with van der Waals surface area (Å²) in [6, 6.07) is 7.18. The average Bonchev–Trinajstić information content (AvgIpc) is 2.76. The first-order valence-electron chi connectivity index (χ1n) is 6.39. The van der Waals surface area contributed by atoms with E-state index in [4.69, 9.17) is 0 Å². The fourth-order valence-corrected chi connectivity index (χ4v) is 4.41. The molecule has 2 heterocycles. The van der Waals surface area contributed by atoms with Gasteiger partial charge in [-0.3, -0.25) is 4.90 Å². The van der Waals surface area contributed by atoms with Gasteiger partial charge in [-0.05, 0) is 36.2 Å². The predicted octanol–water partition coefficient (Wildman–Crippen LogP) is 3.23. The highest BCUT2D eigenvalue weighted by molar-refractivity contribution is 14.1. The van der Waals surface area contributed by atoms with Crippen molar-refractivity contribution in [1.29, 1.82) is 0 Å². The lowest BCUT2D eigenvalue weighted by Gasteiger charge is -2.38. The molecule has 1 aliphatic carbocycles. The zero-order valence-electron chi connectivity index (χ0n) is 10.3. The van der Waals surface area contributed by atoms with E-state index in [0.29, 0.717) is 9.97 Å². The number of nitrogens with one attached hydrogen (secondary N) is 1. The van der Waals surface area contributed by atoms with Gasteiger partial charge in [0.15, 0.2) is 0 Å². The molecule has 0 bridgehead atoms. The summed E-state index contributed by atoms with van der Waals surface area (Å²) < 4.78 is 0.620. The number of hydrogen-bond acceptors (Lipinski definition) is 1. The van der Waals surface area contributed by atoms with Gasteiger partial charge >= 0.3 is 0 Å². The molecule has 1 aromatic heterocycles. The van der Waals surface area contributed by atoms with Crippen molar-refractivity contribution >= 4 is 39.1 Å². The van der Waals surface area contributed by atoms with Crippen LogP contribution in [-0.2, 0) is 6.42 Å². The zero-order chi connectivity index (χ0) is 12.3. The highest BCUT2D eigenvalue weighted by atomic mass is 127. The smallest absolute Gasteiger partial charge is 0.0462 e. The second kappa shape index (κ2) is 3.84. The Kier molecular flexibility index (Phi) is 2.36. The minimum atomic E-state index is 0.560. The number of hydrogen-bond donors (Lipinski definition) is 1. The van der Waals surface area contributed by atoms with Gasteiger partial charge in [0.05, 0.1) is 0 Å². The molecular weight excluding hydrogens is 335 g/mol. The average molecular weight is 350 g/mol. The number of alkyl halides is 1. The van der Waals surface area contributed by atoms with Crippen molar-refractivity contribution < 1.29 is 0 Å². The van der Waals surface area contributed by atoms with Gasteiger partial charge < -0.3 is 4.98 Å². The normalized spacial score (nSPS) is 27.1. The van der Waals surface area contributed by atoms with Crippen molar-refractivity contribution in [2.45, 2.75) is 16.4 Å². The standard InChI is InChI=1S/C15H15IN2/c1-18-8-10(16)6-12-11-3-2-4-13-15(11)9(7-17-13)5-14(12)18/h2-4,6-7,10,14,17H,5,8H2,1H3. The number of halogens is 1. The number of aromatic amines is 1. The van der Waals surface area contributed by atoms with Crippen molar-refractivity contribution in [3.8, 4) is 0 Å². The maximum atomic E-state index is 3.41. The fourth-order valence-electron chi connectivity index (χ4n) is 3.40. The van der Waals surface area contributed by atoms with Crippen LogP contribution in [0.5, 0.6) is 0 Å². The number of H-pyrrole nitrogens is 1. The third kappa shape index (κ3) is 1.43. The number of benzene rings is 1. The minimum Gasteiger partial charge on any atom is -0.361 e. The van der Waals surface area contributed by atoms with Gasteiger partial charge in [0, 0.05) is 33.6 Å². The summed E-state index contributed by atoms with van der Waals surface area (Å²) in [5.41, 5.74) is 5.72. The Morgan fingerprint density at radius 1 is 1.39 bits per heavy atom. The third-order valence-electron chi connectivity index (χ3n) is 4.23. The van der Waals surface area contributed by atoms with Crippen molar-refractivity contribution in [3.63, 3.8) is 0 Å². The van der Waals surface area contributed by atoms with Gasteiger partial charge in [-0.2, -0.15) is 0 Å². The number of aromatic nitrogens is 1. The van der Waals surface area contributed by atoms with Crippen LogP contribution in [0.3, 0.4) is 0 Å². The lowest BCUT2D eigenvalue weighted by molar-refractivity contribution is 0.288. The molecule has 1 aromatic carbocycles. The summed E-state index contributed by atoms with van der Waals surface area (Å²) in [5, 5.41) is 1.44. The van der Waals surface area contributed by atoms with E-state index in [9.17, 15) is 0 Å². The Labute approximate surface area is 120 Å². The molecule has 92 valence electrons. The summed E-state index contributed by atoms with van der Waals surface area (Å²) in [4.78, 5) is 5.91. The molecular formula is C15H15IN2. The summed E-state index contributed by atoms with van der Waals surface area (Å²) >= 11 is 2.54. The second-order valence-electron chi connectivity index (χ2n) is 5.34. The van der Waals surface area contributed by atoms with E-state index in [0.717, 1.165) is 13.0 Å². The van der Waals surface area contributed by atoms with E-state index in [2.05, 4.69) is 70.0 Å². The van der Waals surface area contributed by atoms with Crippen molar-refractivity contribution in [2.24, 2.45) is 0 Å². The summed E-state index contributed by atoms with van der Waals surface area (Å²) in [6.07, 6.45) is 5.80. The minimum absolute atomic E-state index is 0.560. The molecule has 2 nitrogen and oxygen atoms in total. The molecule has 18 heavy (non-hydrogen) atoms. The Morgan fingerprint density at radius 3 is 3.17 bits per heavy atom. The zero-order valence-corrected chi connectivity index (χ0v) is 12.4. The highest BCUT2D eigenvalue weighted by Crippen LogP contribution is 2.40. The van der Waals surface area contributed by atoms with Crippen LogP contribution in [0.2, 0.25) is 0 Å². The summed E-state index contributed by atoms with van der Waals surface area (Å²) in [5.74, 6) is 0. The van der Waals surface area contributed by atoms with Crippen LogP contribution in [0, 0.1) is 0 Å². The van der Waals surface area contributed by atoms with E-state index in [1.807, 2.05) is 0 Å². The Hall–Kier alpha value is -0.810. The molecule has 2 unspecified atom stereocenters. The van der Waals surface area contributed by atoms with Gasteiger partial charge in [-0.15, -0.1) is 0 Å². The molecule has 2 aromatic rings. The third-order valence-corrected chi connectivity index (χ3v) is 4.98. The molecule has 0 spiro atoms. The van der Waals surface area contributed by atoms with E-state index in [-0.39, 0.29) is 0 Å². The monoisotopic (exact) mass is 350 g/mol.